The van der Waals surface area contributed by atoms with E-state index in [9.17, 15) is 22.8 Å². The van der Waals surface area contributed by atoms with Gasteiger partial charge in [-0.3, -0.25) is 14.4 Å². The molecule has 0 spiro atoms. The van der Waals surface area contributed by atoms with E-state index in [1.54, 1.807) is 35.6 Å². The van der Waals surface area contributed by atoms with E-state index in [0.29, 0.717) is 11.4 Å². The number of sulfonamides is 1. The van der Waals surface area contributed by atoms with E-state index in [-0.39, 0.29) is 23.8 Å². The van der Waals surface area contributed by atoms with E-state index in [0.717, 1.165) is 40.4 Å². The molecule has 3 aromatic carbocycles. The Labute approximate surface area is 256 Å². The Hall–Kier alpha value is -4.23. The van der Waals surface area contributed by atoms with E-state index >= 15 is 0 Å². The Morgan fingerprint density at radius 3 is 2.47 bits per heavy atom. The van der Waals surface area contributed by atoms with Crippen molar-refractivity contribution in [1.29, 1.82) is 0 Å². The first-order valence-electron chi connectivity index (χ1n) is 13.4. The number of carbonyl (C=O) groups is 3. The average molecular weight is 631 g/mol. The Balaban J connectivity index is 1.29. The van der Waals surface area contributed by atoms with Crippen LogP contribution in [0.3, 0.4) is 0 Å². The summed E-state index contributed by atoms with van der Waals surface area (Å²) in [5, 5.41) is 5.25. The predicted octanol–water partition coefficient (Wildman–Crippen LogP) is 5.81. The van der Waals surface area contributed by atoms with Crippen molar-refractivity contribution >= 4 is 72.0 Å². The fourth-order valence-electron chi connectivity index (χ4n) is 4.99. The highest BCUT2D eigenvalue weighted by Gasteiger charge is 2.47. The SMILES string of the molecule is CC(=O)Nc1ccc(S(=O)(=O)N(Cc2cccs2)C2CC(=O)N(c3ccc(-c4nc5ccc(C)cc5s4)cc3)C2=O)cc1. The third-order valence-corrected chi connectivity index (χ3v) is 10.9. The van der Waals surface area contributed by atoms with Crippen LogP contribution in [0.2, 0.25) is 0 Å². The smallest absolute Gasteiger partial charge is 0.252 e. The van der Waals surface area contributed by atoms with E-state index in [1.807, 2.05) is 36.6 Å². The number of nitrogens with one attached hydrogen (secondary N) is 1. The summed E-state index contributed by atoms with van der Waals surface area (Å²) in [6.07, 6.45) is -0.285. The van der Waals surface area contributed by atoms with Gasteiger partial charge in [0.05, 0.1) is 27.2 Å². The number of thiazole rings is 1. The van der Waals surface area contributed by atoms with Crippen LogP contribution in [0.5, 0.6) is 0 Å². The molecule has 0 saturated carbocycles. The average Bonchev–Trinajstić information content (AvgIpc) is 3.71. The second-order valence-corrected chi connectivity index (χ2v) is 14.1. The quantitative estimate of drug-likeness (QED) is 0.216. The van der Waals surface area contributed by atoms with Gasteiger partial charge < -0.3 is 5.32 Å². The first kappa shape index (κ1) is 28.9. The van der Waals surface area contributed by atoms with Gasteiger partial charge in [-0.05, 0) is 84.6 Å². The van der Waals surface area contributed by atoms with Gasteiger partial charge in [0.1, 0.15) is 11.0 Å². The molecule has 9 nitrogen and oxygen atoms in total. The van der Waals surface area contributed by atoms with Crippen molar-refractivity contribution in [2.45, 2.75) is 37.8 Å². The third-order valence-electron chi connectivity index (χ3n) is 7.06. The second kappa shape index (κ2) is 11.5. The molecule has 12 heteroatoms. The lowest BCUT2D eigenvalue weighted by atomic mass is 10.2. The normalized spacial score (nSPS) is 15.5. The Bertz CT molecular complexity index is 1950. The molecule has 0 radical (unpaired) electrons. The molecule has 1 aliphatic rings. The van der Waals surface area contributed by atoms with Gasteiger partial charge in [0.15, 0.2) is 0 Å². The first-order valence-corrected chi connectivity index (χ1v) is 16.5. The summed E-state index contributed by atoms with van der Waals surface area (Å²) < 4.78 is 30.0. The van der Waals surface area contributed by atoms with Gasteiger partial charge >= 0.3 is 0 Å². The molecule has 5 aromatic rings. The summed E-state index contributed by atoms with van der Waals surface area (Å²) in [6.45, 7) is 3.32. The zero-order chi connectivity index (χ0) is 30.3. The number of rotatable bonds is 8. The molecule has 0 aliphatic carbocycles. The van der Waals surface area contributed by atoms with Crippen LogP contribution in [0.25, 0.3) is 20.8 Å². The maximum absolute atomic E-state index is 13.9. The largest absolute Gasteiger partial charge is 0.326 e. The van der Waals surface area contributed by atoms with Gasteiger partial charge in [-0.25, -0.2) is 18.3 Å². The lowest BCUT2D eigenvalue weighted by Gasteiger charge is -2.26. The molecule has 1 N–H and O–H groups in total. The number of aromatic nitrogens is 1. The Morgan fingerprint density at radius 1 is 1.05 bits per heavy atom. The number of carbonyl (C=O) groups excluding carboxylic acids is 3. The fraction of sp³-hybridized carbons (Fsp3) is 0.161. The number of imide groups is 1. The number of nitrogens with zero attached hydrogens (tertiary/aromatic N) is 3. The molecule has 1 fully saturated rings. The van der Waals surface area contributed by atoms with Crippen LogP contribution < -0.4 is 10.2 Å². The summed E-state index contributed by atoms with van der Waals surface area (Å²) in [5.74, 6) is -1.37. The van der Waals surface area contributed by atoms with Gasteiger partial charge in [-0.15, -0.1) is 22.7 Å². The topological polar surface area (TPSA) is 117 Å². The molecular weight excluding hydrogens is 605 g/mol. The maximum Gasteiger partial charge on any atom is 0.252 e. The second-order valence-electron chi connectivity index (χ2n) is 10.2. The Morgan fingerprint density at radius 2 is 1.79 bits per heavy atom. The van der Waals surface area contributed by atoms with Crippen molar-refractivity contribution in [1.82, 2.24) is 9.29 Å². The molecule has 43 heavy (non-hydrogen) atoms. The zero-order valence-corrected chi connectivity index (χ0v) is 25.6. The van der Waals surface area contributed by atoms with Crippen LogP contribution in [0.4, 0.5) is 11.4 Å². The van der Waals surface area contributed by atoms with Crippen LogP contribution in [0.15, 0.2) is 89.1 Å². The Kier molecular flexibility index (Phi) is 7.69. The number of aryl methyl sites for hydroxylation is 1. The number of amides is 3. The van der Waals surface area contributed by atoms with Crippen LogP contribution in [-0.2, 0) is 31.0 Å². The molecular formula is C31H26N4O5S3. The number of anilines is 2. The fourth-order valence-corrected chi connectivity index (χ4v) is 8.40. The summed E-state index contributed by atoms with van der Waals surface area (Å²) >= 11 is 2.93. The van der Waals surface area contributed by atoms with Crippen LogP contribution in [0.1, 0.15) is 23.8 Å². The minimum atomic E-state index is -4.21. The van der Waals surface area contributed by atoms with Crippen LogP contribution in [-0.4, -0.2) is 41.5 Å². The van der Waals surface area contributed by atoms with Crippen molar-refractivity contribution in [3.8, 4) is 10.6 Å². The number of hydrogen-bond donors (Lipinski definition) is 1. The number of hydrogen-bond acceptors (Lipinski definition) is 8. The minimum Gasteiger partial charge on any atom is -0.326 e. The lowest BCUT2D eigenvalue weighted by molar-refractivity contribution is -0.122. The first-order chi connectivity index (χ1) is 20.6. The van der Waals surface area contributed by atoms with Gasteiger partial charge in [0.25, 0.3) is 5.91 Å². The predicted molar refractivity (Wildman–Crippen MR) is 168 cm³/mol. The number of thiophene rings is 1. The zero-order valence-electron chi connectivity index (χ0n) is 23.2. The van der Waals surface area contributed by atoms with E-state index in [1.165, 1.54) is 42.5 Å². The highest BCUT2D eigenvalue weighted by atomic mass is 32.2. The van der Waals surface area contributed by atoms with Crippen molar-refractivity contribution in [3.05, 3.63) is 94.7 Å². The third kappa shape index (κ3) is 5.74. The molecule has 218 valence electrons. The monoisotopic (exact) mass is 630 g/mol. The summed E-state index contributed by atoms with van der Waals surface area (Å²) in [5.41, 5.74) is 3.71. The highest BCUT2D eigenvalue weighted by Crippen LogP contribution is 2.35. The lowest BCUT2D eigenvalue weighted by Crippen LogP contribution is -2.44. The van der Waals surface area contributed by atoms with Gasteiger partial charge in [-0.1, -0.05) is 12.1 Å². The van der Waals surface area contributed by atoms with Crippen molar-refractivity contribution in [2.75, 3.05) is 10.2 Å². The van der Waals surface area contributed by atoms with Gasteiger partial charge in [0, 0.05) is 29.6 Å². The molecule has 1 unspecified atom stereocenters. The maximum atomic E-state index is 13.9. The van der Waals surface area contributed by atoms with Gasteiger partial charge in [-0.2, -0.15) is 4.31 Å². The summed E-state index contributed by atoms with van der Waals surface area (Å²) in [6, 6.07) is 21.2. The summed E-state index contributed by atoms with van der Waals surface area (Å²) in [4.78, 5) is 44.9. The standard InChI is InChI=1S/C31H26N4O5S3/c1-19-5-14-26-28(16-19)42-30(33-26)21-6-10-23(11-7-21)35-29(37)17-27(31(35)38)34(18-24-4-3-15-41-24)43(39,40)25-12-8-22(9-13-25)32-20(2)36/h3-16,27H,17-18H2,1-2H3,(H,32,36). The number of fused-ring (bicyclic) bond motifs is 1. The molecule has 6 rings (SSSR count). The van der Waals surface area contributed by atoms with Crippen molar-refractivity contribution in [3.63, 3.8) is 0 Å². The molecule has 0 bridgehead atoms. The van der Waals surface area contributed by atoms with E-state index < -0.39 is 27.9 Å². The minimum absolute atomic E-state index is 0.0489. The summed E-state index contributed by atoms with van der Waals surface area (Å²) in [7, 11) is -4.21. The highest BCUT2D eigenvalue weighted by molar-refractivity contribution is 7.89. The van der Waals surface area contributed by atoms with Crippen molar-refractivity contribution < 1.29 is 22.8 Å². The molecule has 1 aliphatic heterocycles. The van der Waals surface area contributed by atoms with E-state index in [2.05, 4.69) is 11.4 Å². The van der Waals surface area contributed by atoms with Gasteiger partial charge in [0.2, 0.25) is 21.8 Å². The molecule has 1 saturated heterocycles. The van der Waals surface area contributed by atoms with Crippen LogP contribution in [0, 0.1) is 6.92 Å². The molecule has 2 aromatic heterocycles. The van der Waals surface area contributed by atoms with E-state index in [4.69, 9.17) is 4.98 Å². The number of benzene rings is 3. The molecule has 3 heterocycles. The molecule has 1 atom stereocenters. The van der Waals surface area contributed by atoms with Crippen LogP contribution >= 0.6 is 22.7 Å². The molecule has 3 amide bonds. The van der Waals surface area contributed by atoms with Crippen molar-refractivity contribution in [2.24, 2.45) is 0 Å².